The largest absolute Gasteiger partial charge is 0.395 e. The van der Waals surface area contributed by atoms with Gasteiger partial charge in [-0.15, -0.1) is 0 Å². The molecule has 0 aromatic carbocycles. The number of nitrogens with zero attached hydrogens (tertiary/aromatic N) is 1. The standard InChI is InChI=1S/C9H17NO3/c1-2-13-7-9(12)10(5-6-11)8-3-4-8/h8,11H,2-7H2,1H3. The molecule has 76 valence electrons. The summed E-state index contributed by atoms with van der Waals surface area (Å²) in [5.41, 5.74) is 0. The molecule has 1 saturated carbocycles. The number of aliphatic hydroxyl groups is 1. The zero-order chi connectivity index (χ0) is 9.68. The summed E-state index contributed by atoms with van der Waals surface area (Å²) in [5.74, 6) is -0.00148. The van der Waals surface area contributed by atoms with Crippen molar-refractivity contribution in [2.45, 2.75) is 25.8 Å². The van der Waals surface area contributed by atoms with Gasteiger partial charge in [-0.3, -0.25) is 4.79 Å². The topological polar surface area (TPSA) is 49.8 Å². The number of hydrogen-bond donors (Lipinski definition) is 1. The van der Waals surface area contributed by atoms with E-state index in [1.165, 1.54) is 0 Å². The van der Waals surface area contributed by atoms with Crippen LogP contribution in [0, 0.1) is 0 Å². The molecule has 1 fully saturated rings. The molecule has 13 heavy (non-hydrogen) atoms. The van der Waals surface area contributed by atoms with Crippen LogP contribution in [0.4, 0.5) is 0 Å². The van der Waals surface area contributed by atoms with Gasteiger partial charge in [0, 0.05) is 19.2 Å². The van der Waals surface area contributed by atoms with E-state index in [-0.39, 0.29) is 19.1 Å². The number of carbonyl (C=O) groups is 1. The average molecular weight is 187 g/mol. The van der Waals surface area contributed by atoms with Gasteiger partial charge in [-0.05, 0) is 19.8 Å². The number of amides is 1. The molecule has 4 heteroatoms. The Hall–Kier alpha value is -0.610. The molecule has 1 aliphatic carbocycles. The smallest absolute Gasteiger partial charge is 0.248 e. The summed E-state index contributed by atoms with van der Waals surface area (Å²) in [6.07, 6.45) is 2.13. The highest BCUT2D eigenvalue weighted by Crippen LogP contribution is 2.26. The minimum Gasteiger partial charge on any atom is -0.395 e. The van der Waals surface area contributed by atoms with Crippen molar-refractivity contribution in [2.24, 2.45) is 0 Å². The fraction of sp³-hybridized carbons (Fsp3) is 0.889. The van der Waals surface area contributed by atoms with Crippen LogP contribution in [-0.2, 0) is 9.53 Å². The van der Waals surface area contributed by atoms with E-state index in [9.17, 15) is 4.79 Å². The second kappa shape index (κ2) is 5.19. The second-order valence-corrected chi connectivity index (χ2v) is 3.18. The Kier molecular flexibility index (Phi) is 4.18. The molecule has 0 saturated heterocycles. The highest BCUT2D eigenvalue weighted by atomic mass is 16.5. The lowest BCUT2D eigenvalue weighted by Crippen LogP contribution is -2.37. The Bertz CT molecular complexity index is 168. The van der Waals surface area contributed by atoms with Crippen LogP contribution < -0.4 is 0 Å². The molecule has 1 aliphatic rings. The molecule has 0 atom stereocenters. The summed E-state index contributed by atoms with van der Waals surface area (Å²) in [6, 6.07) is 0.361. The van der Waals surface area contributed by atoms with Gasteiger partial charge in [0.05, 0.1) is 6.61 Å². The molecule has 0 aromatic rings. The fourth-order valence-corrected chi connectivity index (χ4v) is 1.28. The first kappa shape index (κ1) is 10.5. The average Bonchev–Trinajstić information content (AvgIpc) is 2.93. The number of carbonyl (C=O) groups excluding carboxylic acids is 1. The van der Waals surface area contributed by atoms with Gasteiger partial charge in [0.2, 0.25) is 5.91 Å². The highest BCUT2D eigenvalue weighted by molar-refractivity contribution is 5.78. The molecule has 0 heterocycles. The fourth-order valence-electron chi connectivity index (χ4n) is 1.28. The van der Waals surface area contributed by atoms with E-state index >= 15 is 0 Å². The zero-order valence-corrected chi connectivity index (χ0v) is 8.03. The van der Waals surface area contributed by atoms with Crippen LogP contribution in [0.2, 0.25) is 0 Å². The van der Waals surface area contributed by atoms with Crippen molar-refractivity contribution in [1.29, 1.82) is 0 Å². The Morgan fingerprint density at radius 1 is 1.62 bits per heavy atom. The van der Waals surface area contributed by atoms with Gasteiger partial charge in [0.25, 0.3) is 0 Å². The van der Waals surface area contributed by atoms with Crippen LogP contribution in [-0.4, -0.2) is 48.3 Å². The number of aliphatic hydroxyl groups excluding tert-OH is 1. The van der Waals surface area contributed by atoms with Gasteiger partial charge in [0.1, 0.15) is 6.61 Å². The summed E-state index contributed by atoms with van der Waals surface area (Å²) in [5, 5.41) is 8.75. The molecule has 4 nitrogen and oxygen atoms in total. The van der Waals surface area contributed by atoms with Crippen LogP contribution in [0.15, 0.2) is 0 Å². The number of hydrogen-bond acceptors (Lipinski definition) is 3. The molecule has 1 N–H and O–H groups in total. The molecule has 1 amide bonds. The van der Waals surface area contributed by atoms with Crippen molar-refractivity contribution in [3.63, 3.8) is 0 Å². The maximum atomic E-state index is 11.5. The highest BCUT2D eigenvalue weighted by Gasteiger charge is 2.31. The van der Waals surface area contributed by atoms with E-state index in [0.717, 1.165) is 12.8 Å². The minimum atomic E-state index is -0.00148. The van der Waals surface area contributed by atoms with Gasteiger partial charge in [-0.1, -0.05) is 0 Å². The van der Waals surface area contributed by atoms with E-state index in [2.05, 4.69) is 0 Å². The quantitative estimate of drug-likeness (QED) is 0.637. The zero-order valence-electron chi connectivity index (χ0n) is 8.03. The third kappa shape index (κ3) is 3.32. The SMILES string of the molecule is CCOCC(=O)N(CCO)C1CC1. The lowest BCUT2D eigenvalue weighted by Gasteiger charge is -2.20. The lowest BCUT2D eigenvalue weighted by atomic mass is 10.4. The Morgan fingerprint density at radius 2 is 2.31 bits per heavy atom. The lowest BCUT2D eigenvalue weighted by molar-refractivity contribution is -0.137. The first-order chi connectivity index (χ1) is 6.29. The van der Waals surface area contributed by atoms with E-state index in [4.69, 9.17) is 9.84 Å². The summed E-state index contributed by atoms with van der Waals surface area (Å²) < 4.78 is 5.03. The predicted octanol–water partition coefficient (Wildman–Crippen LogP) is 0.00620. The van der Waals surface area contributed by atoms with E-state index in [1.807, 2.05) is 6.92 Å². The van der Waals surface area contributed by atoms with Crippen LogP contribution in [0.3, 0.4) is 0 Å². The Labute approximate surface area is 78.5 Å². The van der Waals surface area contributed by atoms with Gasteiger partial charge >= 0.3 is 0 Å². The van der Waals surface area contributed by atoms with Crippen LogP contribution in [0.25, 0.3) is 0 Å². The van der Waals surface area contributed by atoms with Crippen molar-refractivity contribution in [3.05, 3.63) is 0 Å². The molecule has 0 spiro atoms. The first-order valence-corrected chi connectivity index (χ1v) is 4.77. The maximum absolute atomic E-state index is 11.5. The molecule has 1 rings (SSSR count). The normalized spacial score (nSPS) is 15.8. The third-order valence-corrected chi connectivity index (χ3v) is 2.08. The van der Waals surface area contributed by atoms with Crippen LogP contribution in [0.1, 0.15) is 19.8 Å². The van der Waals surface area contributed by atoms with Gasteiger partial charge in [-0.2, -0.15) is 0 Å². The third-order valence-electron chi connectivity index (χ3n) is 2.08. The Balaban J connectivity index is 2.29. The second-order valence-electron chi connectivity index (χ2n) is 3.18. The van der Waals surface area contributed by atoms with Gasteiger partial charge in [-0.25, -0.2) is 0 Å². The summed E-state index contributed by atoms with van der Waals surface area (Å²) in [4.78, 5) is 13.2. The van der Waals surface area contributed by atoms with Crippen molar-refractivity contribution in [2.75, 3.05) is 26.4 Å². The number of rotatable bonds is 6. The predicted molar refractivity (Wildman–Crippen MR) is 48.3 cm³/mol. The first-order valence-electron chi connectivity index (χ1n) is 4.77. The van der Waals surface area contributed by atoms with E-state index in [0.29, 0.717) is 19.2 Å². The molecule has 0 aliphatic heterocycles. The van der Waals surface area contributed by atoms with Crippen molar-refractivity contribution >= 4 is 5.91 Å². The van der Waals surface area contributed by atoms with Crippen molar-refractivity contribution in [1.82, 2.24) is 4.90 Å². The van der Waals surface area contributed by atoms with E-state index in [1.54, 1.807) is 4.90 Å². The molecule has 0 bridgehead atoms. The minimum absolute atomic E-state index is 0.00148. The molecular weight excluding hydrogens is 170 g/mol. The van der Waals surface area contributed by atoms with E-state index < -0.39 is 0 Å². The van der Waals surface area contributed by atoms with Crippen LogP contribution in [0.5, 0.6) is 0 Å². The van der Waals surface area contributed by atoms with Gasteiger partial charge in [0.15, 0.2) is 0 Å². The molecule has 0 aromatic heterocycles. The summed E-state index contributed by atoms with van der Waals surface area (Å²) in [6.45, 7) is 3.04. The summed E-state index contributed by atoms with van der Waals surface area (Å²) in [7, 11) is 0. The maximum Gasteiger partial charge on any atom is 0.248 e. The monoisotopic (exact) mass is 187 g/mol. The molecular formula is C9H17NO3. The van der Waals surface area contributed by atoms with Crippen molar-refractivity contribution in [3.8, 4) is 0 Å². The Morgan fingerprint density at radius 3 is 2.77 bits per heavy atom. The molecule has 0 radical (unpaired) electrons. The van der Waals surface area contributed by atoms with Gasteiger partial charge < -0.3 is 14.7 Å². The summed E-state index contributed by atoms with van der Waals surface area (Å²) >= 11 is 0. The number of ether oxygens (including phenoxy) is 1. The van der Waals surface area contributed by atoms with Crippen molar-refractivity contribution < 1.29 is 14.6 Å². The molecule has 0 unspecified atom stereocenters. The van der Waals surface area contributed by atoms with Crippen LogP contribution >= 0.6 is 0 Å².